The van der Waals surface area contributed by atoms with Gasteiger partial charge in [-0.15, -0.1) is 0 Å². The van der Waals surface area contributed by atoms with E-state index in [9.17, 15) is 48.3 Å². The number of aliphatic hydroxyl groups is 1. The summed E-state index contributed by atoms with van der Waals surface area (Å²) >= 11 is 0. The van der Waals surface area contributed by atoms with E-state index in [0.29, 0.717) is 26.3 Å². The van der Waals surface area contributed by atoms with Crippen LogP contribution in [0.4, 0.5) is 26.3 Å². The molecule has 2 rings (SSSR count). The van der Waals surface area contributed by atoms with E-state index in [0.717, 1.165) is 26.8 Å². The van der Waals surface area contributed by atoms with Crippen LogP contribution in [0.1, 0.15) is 11.1 Å². The summed E-state index contributed by atoms with van der Waals surface area (Å²) in [7, 11) is -10.2. The average molecular weight is 619 g/mol. The van der Waals surface area contributed by atoms with E-state index in [1.54, 1.807) is 14.2 Å². The van der Waals surface area contributed by atoms with Gasteiger partial charge >= 0.3 is 29.9 Å². The molecule has 0 saturated carbocycles. The van der Waals surface area contributed by atoms with Crippen molar-refractivity contribution < 1.29 is 81.4 Å². The minimum absolute atomic E-state index is 0. The van der Waals surface area contributed by atoms with Gasteiger partial charge in [-0.25, -0.2) is 16.8 Å². The van der Waals surface area contributed by atoms with Gasteiger partial charge in [0.2, 0.25) is 0 Å². The fourth-order valence-corrected chi connectivity index (χ4v) is 4.24. The molecule has 2 aromatic rings. The summed E-state index contributed by atoms with van der Waals surface area (Å²) in [6.07, 6.45) is -0.557. The van der Waals surface area contributed by atoms with Crippen molar-refractivity contribution in [3.8, 4) is 11.5 Å². The van der Waals surface area contributed by atoms with Crippen molar-refractivity contribution >= 4 is 20.0 Å². The molecule has 0 aliphatic rings. The third-order valence-corrected chi connectivity index (χ3v) is 7.13. The normalized spacial score (nSPS) is 12.9. The molecule has 0 amide bonds. The zero-order chi connectivity index (χ0) is 29.9. The molecule has 0 bridgehead atoms. The van der Waals surface area contributed by atoms with Crippen molar-refractivity contribution in [3.63, 3.8) is 0 Å². The first kappa shape index (κ1) is 38.0. The van der Waals surface area contributed by atoms with Gasteiger partial charge in [-0.2, -0.15) is 26.3 Å². The Morgan fingerprint density at radius 1 is 0.900 bits per heavy atom. The van der Waals surface area contributed by atoms with Crippen LogP contribution in [0.2, 0.25) is 0 Å². The minimum Gasteiger partial charge on any atom is -0.497 e. The van der Waals surface area contributed by atoms with E-state index in [2.05, 4.69) is 5.32 Å². The van der Waals surface area contributed by atoms with Crippen molar-refractivity contribution in [2.24, 2.45) is 0 Å². The number of benzene rings is 2. The summed E-state index contributed by atoms with van der Waals surface area (Å²) in [5.41, 5.74) is -10.3. The Balaban J connectivity index is 0.000000828. The molecule has 0 aromatic heterocycles. The van der Waals surface area contributed by atoms with Crippen LogP contribution < -0.4 is 33.7 Å². The Bertz CT molecular complexity index is 1210. The van der Waals surface area contributed by atoms with Crippen LogP contribution in [0.3, 0.4) is 0 Å². The predicted octanol–water partition coefficient (Wildman–Crippen LogP) is 0.434. The largest absolute Gasteiger partial charge is 1.00 e. The average Bonchev–Trinajstić information content (AvgIpc) is 2.83. The number of hydrogen-bond acceptors (Lipinski definition) is 9. The van der Waals surface area contributed by atoms with Crippen molar-refractivity contribution in [1.82, 2.24) is 5.32 Å². The third-order valence-electron chi connectivity index (χ3n) is 4.39. The number of sulfonamides is 2. The van der Waals surface area contributed by atoms with Crippen molar-refractivity contribution in [2.45, 2.75) is 30.3 Å². The third kappa shape index (κ3) is 12.6. The maximum atomic E-state index is 11.4. The van der Waals surface area contributed by atoms with Crippen LogP contribution in [-0.4, -0.2) is 66.4 Å². The van der Waals surface area contributed by atoms with Crippen LogP contribution in [0.25, 0.3) is 4.13 Å². The molecule has 222 valence electrons. The maximum Gasteiger partial charge on any atom is 1.00 e. The summed E-state index contributed by atoms with van der Waals surface area (Å²) in [6, 6.07) is 15.6. The molecule has 40 heavy (non-hydrogen) atoms. The summed E-state index contributed by atoms with van der Waals surface area (Å²) in [5.74, 6) is 1.52. The Morgan fingerprint density at radius 3 is 1.93 bits per heavy atom. The Morgan fingerprint density at radius 2 is 1.45 bits per heavy atom. The standard InChI is InChI=1S/C19H25NO4.C2F6NO4S2.Li/c1-22-18-9-8-16(19(10-18)23-2)11-20-12-17(21)14-24-13-15-6-4-3-5-7-15;3-1(4,5)14(10,11)9-15(12,13)2(6,7)8;/h3-10,17,20-21H,11-14H2,1-2H3;;/q;-1;+1/t17-;;/m0../s1. The van der Waals surface area contributed by atoms with Crippen LogP contribution >= 0.6 is 0 Å². The molecular formula is C21H25F6LiN2O8S2. The molecule has 1 atom stereocenters. The first-order valence-electron chi connectivity index (χ1n) is 10.5. The van der Waals surface area contributed by atoms with E-state index in [4.69, 9.17) is 14.2 Å². The molecule has 0 heterocycles. The number of hydrogen-bond donors (Lipinski definition) is 2. The van der Waals surface area contributed by atoms with Crippen molar-refractivity contribution in [1.29, 1.82) is 0 Å². The van der Waals surface area contributed by atoms with Crippen LogP contribution in [0, 0.1) is 0 Å². The van der Waals surface area contributed by atoms with Gasteiger partial charge in [-0.3, -0.25) is 0 Å². The van der Waals surface area contributed by atoms with Gasteiger partial charge in [0.05, 0.1) is 33.5 Å². The minimum atomic E-state index is -6.72. The number of nitrogens with one attached hydrogen (secondary N) is 1. The van der Waals surface area contributed by atoms with Gasteiger partial charge in [-0.05, 0) is 11.6 Å². The van der Waals surface area contributed by atoms with Crippen molar-refractivity contribution in [2.75, 3.05) is 27.4 Å². The molecule has 2 N–H and O–H groups in total. The van der Waals surface area contributed by atoms with Gasteiger partial charge in [0, 0.05) is 24.7 Å². The summed E-state index contributed by atoms with van der Waals surface area (Å²) in [6.45, 7) is 1.85. The molecule has 0 spiro atoms. The van der Waals surface area contributed by atoms with Crippen LogP contribution in [-0.2, 0) is 37.9 Å². The zero-order valence-electron chi connectivity index (χ0n) is 21.4. The van der Waals surface area contributed by atoms with Gasteiger partial charge in [0.25, 0.3) is 0 Å². The second-order valence-electron chi connectivity index (χ2n) is 7.38. The Hall–Kier alpha value is -2.04. The number of alkyl halides is 6. The molecule has 0 aliphatic carbocycles. The first-order valence-corrected chi connectivity index (χ1v) is 13.4. The quantitative estimate of drug-likeness (QED) is 0.256. The van der Waals surface area contributed by atoms with Gasteiger partial charge < -0.3 is 28.8 Å². The fraction of sp³-hybridized carbons (Fsp3) is 0.429. The SMILES string of the molecule is COc1ccc(CNC[C@H](O)COCc2ccccc2)c(OC)c1.O=S(=O)([N-]S(=O)(=O)C(F)(F)F)C(F)(F)F.[Li+]. The maximum absolute atomic E-state index is 11.4. The summed E-state index contributed by atoms with van der Waals surface area (Å²) in [4.78, 5) is 0. The first-order chi connectivity index (χ1) is 17.9. The summed E-state index contributed by atoms with van der Waals surface area (Å²) < 4.78 is 125. The molecule has 19 heteroatoms. The molecule has 2 aromatic carbocycles. The Labute approximate surface area is 239 Å². The van der Waals surface area contributed by atoms with E-state index in [-0.39, 0.29) is 18.9 Å². The summed E-state index contributed by atoms with van der Waals surface area (Å²) in [5, 5.41) is 13.2. The fourth-order valence-electron chi connectivity index (χ4n) is 2.53. The van der Waals surface area contributed by atoms with E-state index >= 15 is 0 Å². The molecule has 0 radical (unpaired) electrons. The number of halogens is 6. The molecule has 0 unspecified atom stereocenters. The van der Waals surface area contributed by atoms with Gasteiger partial charge in [0.1, 0.15) is 11.5 Å². The number of nitrogens with zero attached hydrogens (tertiary/aromatic N) is 1. The smallest absolute Gasteiger partial charge is 0.497 e. The second-order valence-corrected chi connectivity index (χ2v) is 10.8. The van der Waals surface area contributed by atoms with E-state index in [1.807, 2.05) is 48.5 Å². The van der Waals surface area contributed by atoms with Crippen molar-refractivity contribution in [3.05, 3.63) is 63.8 Å². The van der Waals surface area contributed by atoms with Gasteiger partial charge in [0.15, 0.2) is 20.0 Å². The molecular weight excluding hydrogens is 593 g/mol. The van der Waals surface area contributed by atoms with Crippen LogP contribution in [0.15, 0.2) is 48.5 Å². The second kappa shape index (κ2) is 16.4. The number of ether oxygens (including phenoxy) is 3. The monoisotopic (exact) mass is 618 g/mol. The molecule has 10 nitrogen and oxygen atoms in total. The predicted molar refractivity (Wildman–Crippen MR) is 127 cm³/mol. The number of methoxy groups -OCH3 is 2. The molecule has 0 fully saturated rings. The number of aliphatic hydroxyl groups excluding tert-OH is 1. The Kier molecular flexibility index (Phi) is 15.6. The van der Waals surface area contributed by atoms with Gasteiger partial charge in [-0.1, -0.05) is 36.4 Å². The molecule has 0 aliphatic heterocycles. The topological polar surface area (TPSA) is 142 Å². The van der Waals surface area contributed by atoms with Crippen LogP contribution in [0.5, 0.6) is 11.5 Å². The van der Waals surface area contributed by atoms with E-state index < -0.39 is 37.2 Å². The van der Waals surface area contributed by atoms with E-state index in [1.165, 1.54) is 0 Å². The molecule has 0 saturated heterocycles. The zero-order valence-corrected chi connectivity index (χ0v) is 23.0. The number of rotatable bonds is 12.